The zero-order chi connectivity index (χ0) is 22.7. The highest BCUT2D eigenvalue weighted by Crippen LogP contribution is 2.35. The second kappa shape index (κ2) is 8.97. The van der Waals surface area contributed by atoms with Crippen LogP contribution in [0.3, 0.4) is 0 Å². The number of aromatic nitrogens is 2. The Morgan fingerprint density at radius 1 is 1.13 bits per heavy atom. The van der Waals surface area contributed by atoms with Gasteiger partial charge in [-0.15, -0.1) is 0 Å². The second-order valence-electron chi connectivity index (χ2n) is 8.08. The molecular weight excluding hydrogens is 395 g/mol. The van der Waals surface area contributed by atoms with Crippen LogP contribution in [-0.4, -0.2) is 28.4 Å². The number of nitrogens with one attached hydrogen (secondary N) is 2. The maximum absolute atomic E-state index is 13.6. The van der Waals surface area contributed by atoms with Gasteiger partial charge in [-0.1, -0.05) is 6.07 Å². The van der Waals surface area contributed by atoms with Crippen LogP contribution >= 0.6 is 0 Å². The molecule has 0 spiro atoms. The molecule has 0 amide bonds. The molecule has 2 N–H and O–H groups in total. The molecule has 6 nitrogen and oxygen atoms in total. The van der Waals surface area contributed by atoms with Gasteiger partial charge in [0.2, 0.25) is 0 Å². The monoisotopic (exact) mass is 425 g/mol. The number of rotatable bonds is 5. The van der Waals surface area contributed by atoms with E-state index in [1.165, 1.54) is 6.07 Å². The van der Waals surface area contributed by atoms with Gasteiger partial charge in [0.15, 0.2) is 5.96 Å². The molecule has 166 valence electrons. The summed E-state index contributed by atoms with van der Waals surface area (Å²) in [4.78, 5) is 4.10. The standard InChI is InChI=1S/C21H30F3N5O/c1-13-17(14(2)29(7)28-13)12-27-19(25-6)26-11-15-8-9-16(30-20(3,4)5)10-18(15)21(22,23)24/h8-10H,11-12H2,1-7H3,(H2,25,26,27). The predicted octanol–water partition coefficient (Wildman–Crippen LogP) is 4.10. The van der Waals surface area contributed by atoms with Crippen molar-refractivity contribution in [2.75, 3.05) is 7.05 Å². The first kappa shape index (κ1) is 23.6. The molecule has 1 aromatic carbocycles. The minimum atomic E-state index is -4.49. The third-order valence-electron chi connectivity index (χ3n) is 4.57. The lowest BCUT2D eigenvalue weighted by Gasteiger charge is -2.23. The summed E-state index contributed by atoms with van der Waals surface area (Å²) in [5.74, 6) is 0.587. The van der Waals surface area contributed by atoms with Crippen molar-refractivity contribution in [1.82, 2.24) is 20.4 Å². The quantitative estimate of drug-likeness (QED) is 0.559. The van der Waals surface area contributed by atoms with E-state index in [2.05, 4.69) is 20.7 Å². The van der Waals surface area contributed by atoms with Crippen LogP contribution < -0.4 is 15.4 Å². The third-order valence-corrected chi connectivity index (χ3v) is 4.57. The molecule has 0 fully saturated rings. The Kier molecular flexibility index (Phi) is 7.05. The highest BCUT2D eigenvalue weighted by Gasteiger charge is 2.34. The number of aliphatic imine (C=N–C) groups is 1. The lowest BCUT2D eigenvalue weighted by molar-refractivity contribution is -0.138. The van der Waals surface area contributed by atoms with Crippen LogP contribution in [0.2, 0.25) is 0 Å². The van der Waals surface area contributed by atoms with Crippen LogP contribution in [0.15, 0.2) is 23.2 Å². The van der Waals surface area contributed by atoms with Crippen molar-refractivity contribution < 1.29 is 17.9 Å². The lowest BCUT2D eigenvalue weighted by Crippen LogP contribution is -2.37. The van der Waals surface area contributed by atoms with E-state index in [0.29, 0.717) is 12.5 Å². The molecule has 1 heterocycles. The summed E-state index contributed by atoms with van der Waals surface area (Å²) in [6.07, 6.45) is -4.49. The van der Waals surface area contributed by atoms with Crippen LogP contribution in [0, 0.1) is 13.8 Å². The van der Waals surface area contributed by atoms with Crippen molar-refractivity contribution in [3.63, 3.8) is 0 Å². The normalized spacial score (nSPS) is 12.8. The molecule has 0 atom stereocenters. The molecule has 0 aliphatic carbocycles. The van der Waals surface area contributed by atoms with Gasteiger partial charge in [0, 0.05) is 38.4 Å². The number of ether oxygens (including phenoxy) is 1. The van der Waals surface area contributed by atoms with Crippen LogP contribution in [0.25, 0.3) is 0 Å². The summed E-state index contributed by atoms with van der Waals surface area (Å²) in [5.41, 5.74) is 1.74. The maximum atomic E-state index is 13.6. The Balaban J connectivity index is 2.12. The molecule has 2 rings (SSSR count). The third kappa shape index (κ3) is 6.14. The molecule has 30 heavy (non-hydrogen) atoms. The molecular formula is C21H30F3N5O. The number of hydrogen-bond acceptors (Lipinski definition) is 3. The van der Waals surface area contributed by atoms with Gasteiger partial charge in [0.1, 0.15) is 11.4 Å². The van der Waals surface area contributed by atoms with Crippen LogP contribution in [0.5, 0.6) is 5.75 Å². The van der Waals surface area contributed by atoms with E-state index in [1.807, 2.05) is 20.9 Å². The smallest absolute Gasteiger partial charge is 0.416 e. The number of halogens is 3. The highest BCUT2D eigenvalue weighted by atomic mass is 19.4. The SMILES string of the molecule is CN=C(NCc1ccc(OC(C)(C)C)cc1C(F)(F)F)NCc1c(C)nn(C)c1C. The average Bonchev–Trinajstić information content (AvgIpc) is 2.86. The highest BCUT2D eigenvalue weighted by molar-refractivity contribution is 5.79. The van der Waals surface area contributed by atoms with E-state index < -0.39 is 17.3 Å². The Labute approximate surface area is 175 Å². The van der Waals surface area contributed by atoms with E-state index in [4.69, 9.17) is 4.74 Å². The fourth-order valence-electron chi connectivity index (χ4n) is 3.04. The summed E-state index contributed by atoms with van der Waals surface area (Å²) < 4.78 is 48.1. The van der Waals surface area contributed by atoms with E-state index in [9.17, 15) is 13.2 Å². The van der Waals surface area contributed by atoms with Crippen LogP contribution in [0.1, 0.15) is 48.8 Å². The molecule has 0 aliphatic heterocycles. The van der Waals surface area contributed by atoms with Crippen molar-refractivity contribution in [3.05, 3.63) is 46.3 Å². The molecule has 0 bridgehead atoms. The molecule has 0 saturated heterocycles. The van der Waals surface area contributed by atoms with Crippen molar-refractivity contribution in [3.8, 4) is 5.75 Å². The molecule has 0 saturated carbocycles. The summed E-state index contributed by atoms with van der Waals surface area (Å²) in [6.45, 7) is 9.68. The molecule has 1 aromatic heterocycles. The number of nitrogens with zero attached hydrogens (tertiary/aromatic N) is 3. The zero-order valence-corrected chi connectivity index (χ0v) is 18.5. The first-order valence-electron chi connectivity index (χ1n) is 9.64. The van der Waals surface area contributed by atoms with Gasteiger partial charge in [0.05, 0.1) is 11.3 Å². The lowest BCUT2D eigenvalue weighted by atomic mass is 10.1. The van der Waals surface area contributed by atoms with Gasteiger partial charge in [-0.3, -0.25) is 9.67 Å². The molecule has 9 heteroatoms. The molecule has 2 aromatic rings. The van der Waals surface area contributed by atoms with Crippen molar-refractivity contribution in [2.24, 2.45) is 12.0 Å². The fourth-order valence-corrected chi connectivity index (χ4v) is 3.04. The number of benzene rings is 1. The summed E-state index contributed by atoms with van der Waals surface area (Å²) in [6, 6.07) is 4.02. The fraction of sp³-hybridized carbons (Fsp3) is 0.524. The van der Waals surface area contributed by atoms with Gasteiger partial charge >= 0.3 is 6.18 Å². The Hall–Kier alpha value is -2.71. The van der Waals surface area contributed by atoms with Crippen molar-refractivity contribution >= 4 is 5.96 Å². The van der Waals surface area contributed by atoms with Gasteiger partial charge < -0.3 is 15.4 Å². The van der Waals surface area contributed by atoms with Gasteiger partial charge in [-0.2, -0.15) is 18.3 Å². The van der Waals surface area contributed by atoms with Gasteiger partial charge in [-0.05, 0) is 52.3 Å². The van der Waals surface area contributed by atoms with Crippen molar-refractivity contribution in [2.45, 2.75) is 59.5 Å². The molecule has 0 unspecified atom stereocenters. The van der Waals surface area contributed by atoms with Gasteiger partial charge in [0.25, 0.3) is 0 Å². The summed E-state index contributed by atoms with van der Waals surface area (Å²) >= 11 is 0. The predicted molar refractivity (Wildman–Crippen MR) is 112 cm³/mol. The topological polar surface area (TPSA) is 63.5 Å². The van der Waals surface area contributed by atoms with Crippen LogP contribution in [0.4, 0.5) is 13.2 Å². The number of hydrogen-bond donors (Lipinski definition) is 2. The zero-order valence-electron chi connectivity index (χ0n) is 18.5. The number of aryl methyl sites for hydroxylation is 2. The maximum Gasteiger partial charge on any atom is 0.416 e. The van der Waals surface area contributed by atoms with Crippen LogP contribution in [-0.2, 0) is 26.3 Å². The first-order chi connectivity index (χ1) is 13.8. The largest absolute Gasteiger partial charge is 0.488 e. The Bertz CT molecular complexity index is 911. The summed E-state index contributed by atoms with van der Waals surface area (Å²) in [7, 11) is 3.44. The second-order valence-corrected chi connectivity index (χ2v) is 8.08. The minimum absolute atomic E-state index is 0.0324. The number of alkyl halides is 3. The first-order valence-corrected chi connectivity index (χ1v) is 9.64. The van der Waals surface area contributed by atoms with Gasteiger partial charge in [-0.25, -0.2) is 0 Å². The number of guanidine groups is 1. The summed E-state index contributed by atoms with van der Waals surface area (Å²) in [5, 5.41) is 10.4. The Morgan fingerprint density at radius 2 is 1.77 bits per heavy atom. The molecule has 0 aliphatic rings. The average molecular weight is 425 g/mol. The van der Waals surface area contributed by atoms with E-state index >= 15 is 0 Å². The van der Waals surface area contributed by atoms with E-state index in [0.717, 1.165) is 23.0 Å². The Morgan fingerprint density at radius 3 is 2.27 bits per heavy atom. The van der Waals surface area contributed by atoms with E-state index in [1.54, 1.807) is 38.6 Å². The molecule has 0 radical (unpaired) electrons. The van der Waals surface area contributed by atoms with E-state index in [-0.39, 0.29) is 17.9 Å². The van der Waals surface area contributed by atoms with Crippen molar-refractivity contribution in [1.29, 1.82) is 0 Å². The minimum Gasteiger partial charge on any atom is -0.488 e.